The summed E-state index contributed by atoms with van der Waals surface area (Å²) in [6.45, 7) is 2.77. The van der Waals surface area contributed by atoms with Crippen molar-refractivity contribution in [3.8, 4) is 0 Å². The normalized spacial score (nSPS) is 21.0. The Morgan fingerprint density at radius 3 is 3.11 bits per heavy atom. The number of rotatable bonds is 4. The van der Waals surface area contributed by atoms with Gasteiger partial charge in [0.25, 0.3) is 0 Å². The molecule has 4 nitrogen and oxygen atoms in total. The van der Waals surface area contributed by atoms with Gasteiger partial charge in [-0.15, -0.1) is 0 Å². The zero-order chi connectivity index (χ0) is 13.7. The van der Waals surface area contributed by atoms with Gasteiger partial charge in [0.2, 0.25) is 0 Å². The van der Waals surface area contributed by atoms with Crippen molar-refractivity contribution in [2.45, 2.75) is 6.42 Å². The lowest BCUT2D eigenvalue weighted by atomic mass is 9.99. The molecule has 5 heteroatoms. The number of carboxylic acids is 1. The van der Waals surface area contributed by atoms with Gasteiger partial charge in [0.1, 0.15) is 0 Å². The Bertz CT molecular complexity index is 438. The molecule has 0 bridgehead atoms. The van der Waals surface area contributed by atoms with E-state index in [2.05, 4.69) is 0 Å². The van der Waals surface area contributed by atoms with Gasteiger partial charge in [-0.25, -0.2) is 0 Å². The molecule has 1 unspecified atom stereocenters. The van der Waals surface area contributed by atoms with Crippen LogP contribution in [0.5, 0.6) is 0 Å². The summed E-state index contributed by atoms with van der Waals surface area (Å²) >= 11 is 5.97. The van der Waals surface area contributed by atoms with Crippen LogP contribution in [-0.4, -0.2) is 48.8 Å². The molecule has 0 aliphatic carbocycles. The third-order valence-electron chi connectivity index (χ3n) is 3.19. The van der Waals surface area contributed by atoms with E-state index in [1.54, 1.807) is 0 Å². The number of benzene rings is 1. The maximum Gasteiger partial charge on any atom is 0.317 e. The first-order valence-corrected chi connectivity index (χ1v) is 6.77. The highest BCUT2D eigenvalue weighted by Gasteiger charge is 2.20. The van der Waals surface area contributed by atoms with Crippen LogP contribution in [0.15, 0.2) is 24.3 Å². The average molecular weight is 284 g/mol. The van der Waals surface area contributed by atoms with Crippen molar-refractivity contribution in [1.82, 2.24) is 4.90 Å². The molecule has 1 heterocycles. The first kappa shape index (κ1) is 14.3. The predicted octanol–water partition coefficient (Wildman–Crippen LogP) is 1.92. The van der Waals surface area contributed by atoms with E-state index in [1.807, 2.05) is 29.2 Å². The summed E-state index contributed by atoms with van der Waals surface area (Å²) in [4.78, 5) is 12.7. The highest BCUT2D eigenvalue weighted by atomic mass is 35.5. The summed E-state index contributed by atoms with van der Waals surface area (Å²) in [5, 5.41) is 9.60. The van der Waals surface area contributed by atoms with E-state index in [0.717, 1.165) is 18.0 Å². The van der Waals surface area contributed by atoms with E-state index in [0.29, 0.717) is 25.7 Å². The monoisotopic (exact) mass is 283 g/mol. The van der Waals surface area contributed by atoms with Crippen LogP contribution in [0.3, 0.4) is 0 Å². The second-order valence-electron chi connectivity index (χ2n) is 4.90. The Balaban J connectivity index is 1.96. The lowest BCUT2D eigenvalue weighted by molar-refractivity contribution is -0.138. The Labute approximate surface area is 117 Å². The lowest BCUT2D eigenvalue weighted by Gasteiger charge is -2.21. The van der Waals surface area contributed by atoms with Crippen molar-refractivity contribution in [1.29, 1.82) is 0 Å². The van der Waals surface area contributed by atoms with Gasteiger partial charge in [0.15, 0.2) is 0 Å². The van der Waals surface area contributed by atoms with Crippen molar-refractivity contribution >= 4 is 17.6 Å². The van der Waals surface area contributed by atoms with Gasteiger partial charge < -0.3 is 9.84 Å². The first-order chi connectivity index (χ1) is 9.13. The fraction of sp³-hybridized carbons (Fsp3) is 0.500. The first-order valence-electron chi connectivity index (χ1n) is 6.40. The molecule has 1 fully saturated rings. The van der Waals surface area contributed by atoms with E-state index < -0.39 is 5.97 Å². The quantitative estimate of drug-likeness (QED) is 0.917. The minimum Gasteiger partial charge on any atom is -0.480 e. The number of hydrogen-bond donors (Lipinski definition) is 1. The van der Waals surface area contributed by atoms with Crippen molar-refractivity contribution in [2.24, 2.45) is 5.92 Å². The average Bonchev–Trinajstić information content (AvgIpc) is 2.53. The van der Waals surface area contributed by atoms with Crippen molar-refractivity contribution in [3.05, 3.63) is 34.9 Å². The SMILES string of the molecule is O=C(O)CN1CCOCC(Cc2cccc(Cl)c2)C1. The number of nitrogens with zero attached hydrogens (tertiary/aromatic N) is 1. The molecule has 0 saturated carbocycles. The molecule has 1 atom stereocenters. The summed E-state index contributed by atoms with van der Waals surface area (Å²) in [6.07, 6.45) is 0.858. The van der Waals surface area contributed by atoms with Crippen LogP contribution in [0.2, 0.25) is 5.02 Å². The third kappa shape index (κ3) is 4.82. The third-order valence-corrected chi connectivity index (χ3v) is 3.43. The maximum absolute atomic E-state index is 10.8. The molecule has 1 aliphatic rings. The van der Waals surface area contributed by atoms with Gasteiger partial charge in [-0.3, -0.25) is 9.69 Å². The fourth-order valence-electron chi connectivity index (χ4n) is 2.41. The van der Waals surface area contributed by atoms with E-state index in [4.69, 9.17) is 21.4 Å². The summed E-state index contributed by atoms with van der Waals surface area (Å²) in [5.74, 6) is -0.483. The summed E-state index contributed by atoms with van der Waals surface area (Å²) in [5.41, 5.74) is 1.17. The standard InChI is InChI=1S/C14H18ClNO3/c15-13-3-1-2-11(7-13)6-12-8-16(9-14(17)18)4-5-19-10-12/h1-3,7,12H,4-6,8-10H2,(H,17,18). The number of carbonyl (C=O) groups is 1. The van der Waals surface area contributed by atoms with E-state index in [9.17, 15) is 4.79 Å². The second-order valence-corrected chi connectivity index (χ2v) is 5.34. The summed E-state index contributed by atoms with van der Waals surface area (Å²) in [6, 6.07) is 7.78. The largest absolute Gasteiger partial charge is 0.480 e. The minimum absolute atomic E-state index is 0.0788. The zero-order valence-corrected chi connectivity index (χ0v) is 11.5. The molecular formula is C14H18ClNO3. The molecule has 19 heavy (non-hydrogen) atoms. The minimum atomic E-state index is -0.789. The van der Waals surface area contributed by atoms with Gasteiger partial charge in [-0.2, -0.15) is 0 Å². The highest BCUT2D eigenvalue weighted by molar-refractivity contribution is 6.30. The Hall–Kier alpha value is -1.10. The molecule has 104 valence electrons. The molecule has 1 saturated heterocycles. The van der Waals surface area contributed by atoms with Crippen LogP contribution in [-0.2, 0) is 16.0 Å². The fourth-order valence-corrected chi connectivity index (χ4v) is 2.62. The molecule has 1 N–H and O–H groups in total. The van der Waals surface area contributed by atoms with Crippen LogP contribution in [0.4, 0.5) is 0 Å². The van der Waals surface area contributed by atoms with Crippen LogP contribution < -0.4 is 0 Å². The smallest absolute Gasteiger partial charge is 0.317 e. The number of aliphatic carboxylic acids is 1. The van der Waals surface area contributed by atoms with Gasteiger partial charge in [-0.05, 0) is 30.0 Å². The van der Waals surface area contributed by atoms with Gasteiger partial charge in [-0.1, -0.05) is 23.7 Å². The molecule has 0 amide bonds. The molecule has 2 rings (SSSR count). The number of hydrogen-bond acceptors (Lipinski definition) is 3. The molecule has 0 radical (unpaired) electrons. The van der Waals surface area contributed by atoms with Gasteiger partial charge >= 0.3 is 5.97 Å². The van der Waals surface area contributed by atoms with Crippen molar-refractivity contribution < 1.29 is 14.6 Å². The van der Waals surface area contributed by atoms with Crippen LogP contribution in [0.1, 0.15) is 5.56 Å². The molecule has 1 aromatic carbocycles. The maximum atomic E-state index is 10.8. The predicted molar refractivity (Wildman–Crippen MR) is 73.5 cm³/mol. The van der Waals surface area contributed by atoms with E-state index in [-0.39, 0.29) is 6.54 Å². The number of carboxylic acid groups (broad SMARTS) is 1. The lowest BCUT2D eigenvalue weighted by Crippen LogP contribution is -2.35. The Kier molecular flexibility index (Phi) is 5.19. The second kappa shape index (κ2) is 6.89. The number of halogens is 1. The topological polar surface area (TPSA) is 49.8 Å². The molecule has 0 aromatic heterocycles. The zero-order valence-electron chi connectivity index (χ0n) is 10.7. The van der Waals surface area contributed by atoms with Crippen LogP contribution >= 0.6 is 11.6 Å². The molecule has 1 aromatic rings. The number of ether oxygens (including phenoxy) is 1. The summed E-state index contributed by atoms with van der Waals surface area (Å²) in [7, 11) is 0. The van der Waals surface area contributed by atoms with Crippen LogP contribution in [0.25, 0.3) is 0 Å². The highest BCUT2D eigenvalue weighted by Crippen LogP contribution is 2.17. The van der Waals surface area contributed by atoms with E-state index >= 15 is 0 Å². The molecule has 0 spiro atoms. The van der Waals surface area contributed by atoms with E-state index in [1.165, 1.54) is 5.56 Å². The van der Waals surface area contributed by atoms with Crippen LogP contribution in [0, 0.1) is 5.92 Å². The van der Waals surface area contributed by atoms with Gasteiger partial charge in [0, 0.05) is 18.1 Å². The van der Waals surface area contributed by atoms with Crippen molar-refractivity contribution in [3.63, 3.8) is 0 Å². The summed E-state index contributed by atoms with van der Waals surface area (Å²) < 4.78 is 5.55. The molecule has 1 aliphatic heterocycles. The van der Waals surface area contributed by atoms with Gasteiger partial charge in [0.05, 0.1) is 19.8 Å². The molecular weight excluding hydrogens is 266 g/mol. The Morgan fingerprint density at radius 1 is 1.53 bits per heavy atom. The van der Waals surface area contributed by atoms with Crippen molar-refractivity contribution in [2.75, 3.05) is 32.8 Å². The Morgan fingerprint density at radius 2 is 2.37 bits per heavy atom.